The molecule has 0 heterocycles. The van der Waals surface area contributed by atoms with Gasteiger partial charge in [-0.1, -0.05) is 49.4 Å². The van der Waals surface area contributed by atoms with E-state index >= 15 is 0 Å². The molecule has 0 saturated carbocycles. The van der Waals surface area contributed by atoms with Crippen LogP contribution in [0.15, 0.2) is 42.5 Å². The molecule has 1 N–H and O–H groups in total. The van der Waals surface area contributed by atoms with Gasteiger partial charge < -0.3 is 9.84 Å². The monoisotopic (exact) mass is 330 g/mol. The summed E-state index contributed by atoms with van der Waals surface area (Å²) in [5.74, 6) is -0.479. The minimum atomic E-state index is -0.589. The van der Waals surface area contributed by atoms with E-state index in [9.17, 15) is 14.7 Å². The van der Waals surface area contributed by atoms with Gasteiger partial charge in [-0.3, -0.25) is 4.79 Å². The molecule has 0 radical (unpaired) electrons. The lowest BCUT2D eigenvalue weighted by Gasteiger charge is -2.18. The number of ether oxygens (including phenoxy) is 1. The average molecular weight is 330 g/mol. The minimum absolute atomic E-state index is 0.0703. The zero-order valence-corrected chi connectivity index (χ0v) is 14.7. The summed E-state index contributed by atoms with van der Waals surface area (Å²) in [6.07, 6.45) is 7.37. The van der Waals surface area contributed by atoms with Gasteiger partial charge in [0.15, 0.2) is 0 Å². The molecule has 0 amide bonds. The van der Waals surface area contributed by atoms with Gasteiger partial charge in [0.25, 0.3) is 0 Å². The molecule has 4 heteroatoms. The van der Waals surface area contributed by atoms with Crippen LogP contribution in [0.4, 0.5) is 0 Å². The number of esters is 1. The molecule has 0 aliphatic carbocycles. The van der Waals surface area contributed by atoms with Gasteiger partial charge >= 0.3 is 5.97 Å². The molecule has 0 aliphatic rings. The highest BCUT2D eigenvalue weighted by molar-refractivity contribution is 5.82. The van der Waals surface area contributed by atoms with Crippen molar-refractivity contribution in [3.8, 4) is 0 Å². The van der Waals surface area contributed by atoms with E-state index in [1.165, 1.54) is 6.08 Å². The molecule has 0 saturated heterocycles. The summed E-state index contributed by atoms with van der Waals surface area (Å²) in [6, 6.07) is 7.19. The summed E-state index contributed by atoms with van der Waals surface area (Å²) in [6.45, 7) is 7.33. The first-order valence-electron chi connectivity index (χ1n) is 8.02. The van der Waals surface area contributed by atoms with Crippen molar-refractivity contribution >= 4 is 18.3 Å². The number of aliphatic hydroxyl groups excluding tert-OH is 1. The number of aldehydes is 1. The molecule has 0 spiro atoms. The molecular weight excluding hydrogens is 304 g/mol. The van der Waals surface area contributed by atoms with Crippen LogP contribution in [0.2, 0.25) is 0 Å². The van der Waals surface area contributed by atoms with Crippen LogP contribution in [0.1, 0.15) is 50.0 Å². The quantitative estimate of drug-likeness (QED) is 0.469. The zero-order chi connectivity index (χ0) is 18.2. The van der Waals surface area contributed by atoms with Crippen LogP contribution in [0.5, 0.6) is 0 Å². The highest BCUT2D eigenvalue weighted by Gasteiger charge is 2.14. The first kappa shape index (κ1) is 19.8. The highest BCUT2D eigenvalue weighted by atomic mass is 16.6. The van der Waals surface area contributed by atoms with Crippen LogP contribution in [-0.4, -0.2) is 29.1 Å². The maximum atomic E-state index is 11.5. The summed E-state index contributed by atoms with van der Waals surface area (Å²) in [4.78, 5) is 22.2. The van der Waals surface area contributed by atoms with E-state index in [-0.39, 0.29) is 5.92 Å². The van der Waals surface area contributed by atoms with Gasteiger partial charge in [0.2, 0.25) is 0 Å². The third-order valence-electron chi connectivity index (χ3n) is 3.31. The van der Waals surface area contributed by atoms with Gasteiger partial charge in [0, 0.05) is 17.6 Å². The van der Waals surface area contributed by atoms with Crippen LogP contribution in [0, 0.1) is 5.92 Å². The first-order chi connectivity index (χ1) is 11.2. The summed E-state index contributed by atoms with van der Waals surface area (Å²) in [5, 5.41) is 10.1. The van der Waals surface area contributed by atoms with Gasteiger partial charge in [-0.2, -0.15) is 0 Å². The molecule has 1 rings (SSSR count). The molecule has 0 bridgehead atoms. The van der Waals surface area contributed by atoms with Crippen LogP contribution >= 0.6 is 0 Å². The Hall–Kier alpha value is -2.20. The molecule has 0 aromatic heterocycles. The normalized spacial score (nSPS) is 14.7. The summed E-state index contributed by atoms with van der Waals surface area (Å²) < 4.78 is 5.16. The lowest BCUT2D eigenvalue weighted by atomic mass is 10.00. The first-order valence-corrected chi connectivity index (χ1v) is 8.02. The van der Waals surface area contributed by atoms with Crippen molar-refractivity contribution in [2.75, 3.05) is 0 Å². The molecule has 1 aromatic rings. The number of hydrogen-bond donors (Lipinski definition) is 1. The van der Waals surface area contributed by atoms with Crippen molar-refractivity contribution < 1.29 is 19.4 Å². The number of hydrogen-bond acceptors (Lipinski definition) is 4. The van der Waals surface area contributed by atoms with E-state index in [1.54, 1.807) is 18.2 Å². The van der Waals surface area contributed by atoms with E-state index in [1.807, 2.05) is 52.0 Å². The van der Waals surface area contributed by atoms with Gasteiger partial charge in [-0.25, -0.2) is 4.79 Å². The van der Waals surface area contributed by atoms with Crippen molar-refractivity contribution in [2.24, 2.45) is 5.92 Å². The minimum Gasteiger partial charge on any atom is -0.457 e. The SMILES string of the molecule is C[C@H](C=Cc1ccc(C=O)cc1)[C@@H](O)CC=CC(=O)OC(C)(C)C. The molecule has 4 nitrogen and oxygen atoms in total. The Morgan fingerprint density at radius 2 is 1.79 bits per heavy atom. The summed E-state index contributed by atoms with van der Waals surface area (Å²) >= 11 is 0. The Bertz CT molecular complexity index is 591. The standard InChI is InChI=1S/C20H26O4/c1-15(8-9-16-10-12-17(14-21)13-11-16)18(22)6-5-7-19(23)24-20(2,3)4/h5,7-15,18,22H,6H2,1-4H3/t15-,18+/m1/s1. The Labute approximate surface area is 143 Å². The van der Waals surface area contributed by atoms with Crippen molar-refractivity contribution in [2.45, 2.75) is 45.8 Å². The predicted molar refractivity (Wildman–Crippen MR) is 95.6 cm³/mol. The molecule has 24 heavy (non-hydrogen) atoms. The Morgan fingerprint density at radius 3 is 2.33 bits per heavy atom. The third-order valence-corrected chi connectivity index (χ3v) is 3.31. The van der Waals surface area contributed by atoms with Crippen molar-refractivity contribution in [3.05, 3.63) is 53.6 Å². The van der Waals surface area contributed by atoms with Gasteiger partial charge in [-0.15, -0.1) is 0 Å². The summed E-state index contributed by atoms with van der Waals surface area (Å²) in [7, 11) is 0. The van der Waals surface area contributed by atoms with E-state index in [2.05, 4.69) is 0 Å². The van der Waals surface area contributed by atoms with Crippen molar-refractivity contribution in [1.29, 1.82) is 0 Å². The molecule has 1 aromatic carbocycles. The molecule has 0 fully saturated rings. The second-order valence-corrected chi connectivity index (χ2v) is 6.74. The second-order valence-electron chi connectivity index (χ2n) is 6.74. The van der Waals surface area contributed by atoms with Crippen molar-refractivity contribution in [1.82, 2.24) is 0 Å². The fourth-order valence-electron chi connectivity index (χ4n) is 1.93. The maximum Gasteiger partial charge on any atom is 0.330 e. The number of rotatable bonds is 7. The highest BCUT2D eigenvalue weighted by Crippen LogP contribution is 2.13. The van der Waals surface area contributed by atoms with Crippen LogP contribution in [-0.2, 0) is 9.53 Å². The maximum absolute atomic E-state index is 11.5. The smallest absolute Gasteiger partial charge is 0.330 e. The van der Waals surface area contributed by atoms with Crippen LogP contribution < -0.4 is 0 Å². The molecule has 0 aliphatic heterocycles. The lowest BCUT2D eigenvalue weighted by Crippen LogP contribution is -2.22. The Morgan fingerprint density at radius 1 is 1.21 bits per heavy atom. The van der Waals surface area contributed by atoms with E-state index < -0.39 is 17.7 Å². The summed E-state index contributed by atoms with van der Waals surface area (Å²) in [5.41, 5.74) is 1.08. The Kier molecular flexibility index (Phi) is 7.59. The zero-order valence-electron chi connectivity index (χ0n) is 14.7. The van der Waals surface area contributed by atoms with E-state index in [0.717, 1.165) is 11.8 Å². The molecule has 2 atom stereocenters. The van der Waals surface area contributed by atoms with Crippen LogP contribution in [0.3, 0.4) is 0 Å². The molecular formula is C20H26O4. The topological polar surface area (TPSA) is 63.6 Å². The van der Waals surface area contributed by atoms with E-state index in [0.29, 0.717) is 12.0 Å². The average Bonchev–Trinajstić information content (AvgIpc) is 2.51. The second kappa shape index (κ2) is 9.18. The third kappa shape index (κ3) is 7.88. The molecule has 130 valence electrons. The number of carbonyl (C=O) groups is 2. The fourth-order valence-corrected chi connectivity index (χ4v) is 1.93. The van der Waals surface area contributed by atoms with Crippen molar-refractivity contribution in [3.63, 3.8) is 0 Å². The van der Waals surface area contributed by atoms with Crippen LogP contribution in [0.25, 0.3) is 6.08 Å². The number of benzene rings is 1. The number of carbonyl (C=O) groups excluding carboxylic acids is 2. The largest absolute Gasteiger partial charge is 0.457 e. The van der Waals surface area contributed by atoms with E-state index in [4.69, 9.17) is 4.74 Å². The van der Waals surface area contributed by atoms with Gasteiger partial charge in [-0.05, 0) is 32.8 Å². The molecule has 0 unspecified atom stereocenters. The fraction of sp³-hybridized carbons (Fsp3) is 0.400. The number of aliphatic hydroxyl groups is 1. The predicted octanol–water partition coefficient (Wildman–Crippen LogP) is 3.80. The van der Waals surface area contributed by atoms with Gasteiger partial charge in [0.05, 0.1) is 6.10 Å². The lowest BCUT2D eigenvalue weighted by molar-refractivity contribution is -0.148. The Balaban J connectivity index is 2.48. The van der Waals surface area contributed by atoms with Gasteiger partial charge in [0.1, 0.15) is 11.9 Å².